The van der Waals surface area contributed by atoms with E-state index in [1.807, 2.05) is 24.3 Å². The van der Waals surface area contributed by atoms with Gasteiger partial charge >= 0.3 is 0 Å². The van der Waals surface area contributed by atoms with E-state index in [1.165, 1.54) is 0 Å². The smallest absolute Gasteiger partial charge is 0.272 e. The van der Waals surface area contributed by atoms with E-state index >= 15 is 0 Å². The summed E-state index contributed by atoms with van der Waals surface area (Å²) in [6, 6.07) is 9.41. The number of rotatable bonds is 2. The lowest BCUT2D eigenvalue weighted by molar-refractivity contribution is 0.0955. The molecule has 2 aromatic rings. The van der Waals surface area contributed by atoms with Gasteiger partial charge in [0, 0.05) is 24.0 Å². The second kappa shape index (κ2) is 6.64. The van der Waals surface area contributed by atoms with Crippen molar-refractivity contribution in [3.05, 3.63) is 42.1 Å². The molecule has 2 bridgehead atoms. The van der Waals surface area contributed by atoms with Gasteiger partial charge in [-0.05, 0) is 38.1 Å². The number of hydrazone groups is 1. The van der Waals surface area contributed by atoms with Crippen molar-refractivity contribution < 1.29 is 4.79 Å². The molecule has 0 aliphatic carbocycles. The molecule has 0 radical (unpaired) electrons. The summed E-state index contributed by atoms with van der Waals surface area (Å²) in [7, 11) is 0. The number of carbonyl (C=O) groups is 1. The molecule has 3 fully saturated rings. The Bertz CT molecular complexity index is 748. The molecule has 5 nitrogen and oxygen atoms in total. The normalized spacial score (nSPS) is 24.4. The Kier molecular flexibility index (Phi) is 4.59. The van der Waals surface area contributed by atoms with E-state index in [9.17, 15) is 4.79 Å². The lowest BCUT2D eigenvalue weighted by Crippen LogP contribution is -2.48. The largest absolute Gasteiger partial charge is 0.298 e. The average Bonchev–Trinajstić information content (AvgIpc) is 2.60. The molecule has 5 rings (SSSR count). The number of nitrogens with one attached hydrogen (secondary N) is 1. The summed E-state index contributed by atoms with van der Waals surface area (Å²) < 4.78 is 0. The van der Waals surface area contributed by atoms with Crippen molar-refractivity contribution in [1.29, 1.82) is 0 Å². The number of hydrogen-bond donors (Lipinski definition) is 1. The van der Waals surface area contributed by atoms with Crippen LogP contribution in [0.4, 0.5) is 0 Å². The van der Waals surface area contributed by atoms with Crippen molar-refractivity contribution in [2.24, 2.45) is 11.0 Å². The van der Waals surface area contributed by atoms with Crippen LogP contribution in [0.25, 0.3) is 10.9 Å². The number of benzene rings is 1. The van der Waals surface area contributed by atoms with E-state index in [0.717, 1.165) is 49.1 Å². The average molecular weight is 331 g/mol. The van der Waals surface area contributed by atoms with Crippen LogP contribution in [-0.2, 0) is 0 Å². The van der Waals surface area contributed by atoms with Crippen molar-refractivity contribution in [2.75, 3.05) is 19.6 Å². The van der Waals surface area contributed by atoms with Crippen LogP contribution in [0.1, 0.15) is 23.2 Å². The first-order valence-electron chi connectivity index (χ1n) is 7.74. The van der Waals surface area contributed by atoms with Gasteiger partial charge in [-0.15, -0.1) is 12.4 Å². The van der Waals surface area contributed by atoms with Gasteiger partial charge in [-0.3, -0.25) is 14.7 Å². The number of halogens is 1. The van der Waals surface area contributed by atoms with Crippen molar-refractivity contribution in [2.45, 2.75) is 12.8 Å². The number of pyridine rings is 1. The Morgan fingerprint density at radius 2 is 2.00 bits per heavy atom. The third-order valence-electron chi connectivity index (χ3n) is 4.64. The summed E-state index contributed by atoms with van der Waals surface area (Å²) in [4.78, 5) is 19.1. The van der Waals surface area contributed by atoms with Gasteiger partial charge in [0.15, 0.2) is 0 Å². The van der Waals surface area contributed by atoms with E-state index < -0.39 is 0 Å². The number of para-hydroxylation sites is 1. The Balaban J connectivity index is 0.00000156. The lowest BCUT2D eigenvalue weighted by Gasteiger charge is -2.39. The number of nitrogens with zero attached hydrogens (tertiary/aromatic N) is 3. The van der Waals surface area contributed by atoms with Crippen LogP contribution in [0.15, 0.2) is 41.6 Å². The van der Waals surface area contributed by atoms with Crippen LogP contribution in [0.3, 0.4) is 0 Å². The third-order valence-corrected chi connectivity index (χ3v) is 4.64. The first-order chi connectivity index (χ1) is 10.8. The standard InChI is InChI=1S/C17H18N4O.ClH/c22-17(14-5-8-18-15-4-2-1-3-13(14)15)20-19-16-11-21-9-6-12(16)7-10-21;/h1-5,8,12H,6-7,9-11H2,(H,20,22);1H/b19-16-;. The summed E-state index contributed by atoms with van der Waals surface area (Å²) >= 11 is 0. The zero-order valence-corrected chi connectivity index (χ0v) is 13.6. The fourth-order valence-electron chi connectivity index (χ4n) is 3.39. The zero-order valence-electron chi connectivity index (χ0n) is 12.7. The summed E-state index contributed by atoms with van der Waals surface area (Å²) in [5, 5.41) is 5.26. The molecule has 0 saturated carbocycles. The first kappa shape index (κ1) is 15.9. The molecule has 0 unspecified atom stereocenters. The molecule has 1 N–H and O–H groups in total. The van der Waals surface area contributed by atoms with Gasteiger partial charge in [-0.1, -0.05) is 18.2 Å². The minimum absolute atomic E-state index is 0. The van der Waals surface area contributed by atoms with Gasteiger partial charge in [0.05, 0.1) is 16.8 Å². The van der Waals surface area contributed by atoms with Crippen LogP contribution in [0.2, 0.25) is 0 Å². The quantitative estimate of drug-likeness (QED) is 0.861. The zero-order chi connectivity index (χ0) is 14.9. The molecule has 1 aromatic carbocycles. The van der Waals surface area contributed by atoms with Crippen LogP contribution in [-0.4, -0.2) is 41.1 Å². The van der Waals surface area contributed by atoms with Gasteiger partial charge in [0.1, 0.15) is 0 Å². The molecule has 1 aromatic heterocycles. The molecule has 3 aliphatic rings. The minimum Gasteiger partial charge on any atom is -0.298 e. The van der Waals surface area contributed by atoms with Crippen LogP contribution < -0.4 is 5.43 Å². The molecule has 3 aliphatic heterocycles. The number of carbonyl (C=O) groups excluding carboxylic acids is 1. The highest BCUT2D eigenvalue weighted by molar-refractivity contribution is 6.06. The van der Waals surface area contributed by atoms with Crippen LogP contribution >= 0.6 is 12.4 Å². The first-order valence-corrected chi connectivity index (χ1v) is 7.74. The van der Waals surface area contributed by atoms with Gasteiger partial charge in [-0.25, -0.2) is 5.43 Å². The van der Waals surface area contributed by atoms with Crippen molar-refractivity contribution in [3.8, 4) is 0 Å². The second-order valence-corrected chi connectivity index (χ2v) is 5.97. The molecule has 120 valence electrons. The summed E-state index contributed by atoms with van der Waals surface area (Å²) in [6.07, 6.45) is 3.98. The lowest BCUT2D eigenvalue weighted by atomic mass is 9.87. The van der Waals surface area contributed by atoms with Gasteiger partial charge in [0.25, 0.3) is 5.91 Å². The van der Waals surface area contributed by atoms with E-state index in [2.05, 4.69) is 20.4 Å². The van der Waals surface area contributed by atoms with Crippen molar-refractivity contribution in [1.82, 2.24) is 15.3 Å². The number of fused-ring (bicyclic) bond motifs is 4. The monoisotopic (exact) mass is 330 g/mol. The van der Waals surface area contributed by atoms with E-state index in [0.29, 0.717) is 11.5 Å². The number of amides is 1. The predicted octanol–water partition coefficient (Wildman–Crippen LogP) is 2.47. The molecule has 23 heavy (non-hydrogen) atoms. The van der Waals surface area contributed by atoms with E-state index in [4.69, 9.17) is 0 Å². The molecular formula is C17H19ClN4O. The third kappa shape index (κ3) is 3.07. The van der Waals surface area contributed by atoms with Crippen molar-refractivity contribution in [3.63, 3.8) is 0 Å². The van der Waals surface area contributed by atoms with Gasteiger partial charge < -0.3 is 0 Å². The van der Waals surface area contributed by atoms with Crippen molar-refractivity contribution >= 4 is 34.9 Å². The molecule has 6 heteroatoms. The predicted molar refractivity (Wildman–Crippen MR) is 93.1 cm³/mol. The SMILES string of the molecule is Cl.O=C(N/N=C1/CN2CCC1CC2)c1ccnc2ccccc12. The second-order valence-electron chi connectivity index (χ2n) is 5.97. The fourth-order valence-corrected chi connectivity index (χ4v) is 3.39. The summed E-state index contributed by atoms with van der Waals surface area (Å²) in [6.45, 7) is 3.21. The van der Waals surface area contributed by atoms with E-state index in [1.54, 1.807) is 12.3 Å². The maximum absolute atomic E-state index is 12.4. The Hall–Kier alpha value is -1.98. The summed E-state index contributed by atoms with van der Waals surface area (Å²) in [5.41, 5.74) is 5.30. The Labute approximate surface area is 141 Å². The highest BCUT2D eigenvalue weighted by atomic mass is 35.5. The maximum Gasteiger partial charge on any atom is 0.272 e. The topological polar surface area (TPSA) is 57.6 Å². The molecule has 0 spiro atoms. The minimum atomic E-state index is -0.164. The summed E-state index contributed by atoms with van der Waals surface area (Å²) in [5.74, 6) is 0.377. The number of hydrogen-bond acceptors (Lipinski definition) is 4. The molecule has 4 heterocycles. The van der Waals surface area contributed by atoms with E-state index in [-0.39, 0.29) is 18.3 Å². The highest BCUT2D eigenvalue weighted by Crippen LogP contribution is 2.25. The number of piperidine rings is 3. The highest BCUT2D eigenvalue weighted by Gasteiger charge is 2.31. The molecular weight excluding hydrogens is 312 g/mol. The van der Waals surface area contributed by atoms with Gasteiger partial charge in [-0.2, -0.15) is 5.10 Å². The fraction of sp³-hybridized carbons (Fsp3) is 0.353. The van der Waals surface area contributed by atoms with Crippen LogP contribution in [0, 0.1) is 5.92 Å². The maximum atomic E-state index is 12.4. The molecule has 3 saturated heterocycles. The number of aromatic nitrogens is 1. The van der Waals surface area contributed by atoms with Crippen LogP contribution in [0.5, 0.6) is 0 Å². The Morgan fingerprint density at radius 1 is 1.22 bits per heavy atom. The Morgan fingerprint density at radius 3 is 2.74 bits per heavy atom. The molecule has 0 atom stereocenters. The van der Waals surface area contributed by atoms with Gasteiger partial charge in [0.2, 0.25) is 0 Å². The molecule has 1 amide bonds.